The first kappa shape index (κ1) is 15.6. The number of nitrogens with zero attached hydrogens (tertiary/aromatic N) is 5. The monoisotopic (exact) mass is 331 g/mol. The smallest absolute Gasteiger partial charge is 0.320 e. The van der Waals surface area contributed by atoms with Crippen molar-refractivity contribution in [3.8, 4) is 10.7 Å². The van der Waals surface area contributed by atoms with Gasteiger partial charge in [0.2, 0.25) is 0 Å². The minimum absolute atomic E-state index is 0.447. The van der Waals surface area contributed by atoms with E-state index in [0.29, 0.717) is 24.4 Å². The highest BCUT2D eigenvalue weighted by Gasteiger charge is 2.21. The highest BCUT2D eigenvalue weighted by Crippen LogP contribution is 2.22. The molecule has 1 N–H and O–H groups in total. The topological polar surface area (TPSA) is 83.6 Å². The molecule has 0 aliphatic heterocycles. The van der Waals surface area contributed by atoms with Crippen molar-refractivity contribution in [3.05, 3.63) is 35.3 Å². The van der Waals surface area contributed by atoms with Crippen LogP contribution in [0.1, 0.15) is 19.0 Å². The summed E-state index contributed by atoms with van der Waals surface area (Å²) in [6, 6.07) is 7.11. The molecule has 0 saturated heterocycles. The Balaban J connectivity index is 1.91. The second kappa shape index (κ2) is 6.43. The Morgan fingerprint density at radius 3 is 2.87 bits per heavy atom. The van der Waals surface area contributed by atoms with Gasteiger partial charge in [0.1, 0.15) is 6.04 Å². The van der Waals surface area contributed by atoms with Crippen molar-refractivity contribution in [1.29, 1.82) is 0 Å². The standard InChI is InChI=1S/C15H17N5O2S/c1-3-11(15(21)22)19(2)9-10-6-7-13-16-17-14(20(13)18-10)12-5-4-8-23-12/h4-8,11H,3,9H2,1-2H3,(H,21,22). The lowest BCUT2D eigenvalue weighted by atomic mass is 10.2. The summed E-state index contributed by atoms with van der Waals surface area (Å²) in [5.74, 6) is -0.121. The molecule has 0 bridgehead atoms. The largest absolute Gasteiger partial charge is 0.480 e. The van der Waals surface area contributed by atoms with Gasteiger partial charge in [0, 0.05) is 6.54 Å². The van der Waals surface area contributed by atoms with E-state index in [2.05, 4.69) is 15.3 Å². The molecule has 0 spiro atoms. The summed E-state index contributed by atoms with van der Waals surface area (Å²) in [5.41, 5.74) is 1.45. The third kappa shape index (κ3) is 3.08. The third-order valence-corrected chi connectivity index (χ3v) is 4.54. The van der Waals surface area contributed by atoms with Crippen molar-refractivity contribution >= 4 is 23.0 Å². The summed E-state index contributed by atoms with van der Waals surface area (Å²) in [5, 5.41) is 24.1. The molecule has 0 aliphatic rings. The first-order valence-corrected chi connectivity index (χ1v) is 8.16. The predicted molar refractivity (Wildman–Crippen MR) is 87.3 cm³/mol. The molecular weight excluding hydrogens is 314 g/mol. The lowest BCUT2D eigenvalue weighted by Gasteiger charge is -2.22. The molecule has 3 heterocycles. The van der Waals surface area contributed by atoms with Crippen LogP contribution in [0.25, 0.3) is 16.3 Å². The van der Waals surface area contributed by atoms with Crippen LogP contribution in [0.2, 0.25) is 0 Å². The number of carboxylic acids is 1. The lowest BCUT2D eigenvalue weighted by molar-refractivity contribution is -0.143. The van der Waals surface area contributed by atoms with E-state index in [4.69, 9.17) is 0 Å². The molecule has 0 aromatic carbocycles. The van der Waals surface area contributed by atoms with Gasteiger partial charge in [0.05, 0.1) is 10.6 Å². The van der Waals surface area contributed by atoms with Crippen molar-refractivity contribution in [2.24, 2.45) is 0 Å². The number of carbonyl (C=O) groups is 1. The number of hydrogen-bond donors (Lipinski definition) is 1. The maximum Gasteiger partial charge on any atom is 0.320 e. The van der Waals surface area contributed by atoms with E-state index in [-0.39, 0.29) is 0 Å². The zero-order valence-electron chi connectivity index (χ0n) is 12.9. The Bertz CT molecular complexity index is 815. The van der Waals surface area contributed by atoms with Gasteiger partial charge in [-0.15, -0.1) is 21.5 Å². The molecular formula is C15H17N5O2S. The maximum absolute atomic E-state index is 11.3. The first-order valence-electron chi connectivity index (χ1n) is 7.28. The van der Waals surface area contributed by atoms with Crippen LogP contribution in [0, 0.1) is 0 Å². The van der Waals surface area contributed by atoms with Crippen LogP contribution in [-0.2, 0) is 11.3 Å². The average Bonchev–Trinajstić information content (AvgIpc) is 3.15. The van der Waals surface area contributed by atoms with E-state index in [0.717, 1.165) is 10.6 Å². The second-order valence-corrected chi connectivity index (χ2v) is 6.22. The van der Waals surface area contributed by atoms with Crippen LogP contribution in [0.15, 0.2) is 29.6 Å². The van der Waals surface area contributed by atoms with E-state index in [1.54, 1.807) is 27.8 Å². The fourth-order valence-corrected chi connectivity index (χ4v) is 3.20. The first-order chi connectivity index (χ1) is 11.1. The Morgan fingerprint density at radius 2 is 2.22 bits per heavy atom. The average molecular weight is 331 g/mol. The molecule has 0 radical (unpaired) electrons. The van der Waals surface area contributed by atoms with Crippen LogP contribution in [0.4, 0.5) is 0 Å². The Morgan fingerprint density at radius 1 is 1.39 bits per heavy atom. The number of likely N-dealkylation sites (N-methyl/N-ethyl adjacent to an activating group) is 1. The minimum Gasteiger partial charge on any atom is -0.480 e. The zero-order valence-corrected chi connectivity index (χ0v) is 13.7. The third-order valence-electron chi connectivity index (χ3n) is 3.67. The number of hydrogen-bond acceptors (Lipinski definition) is 6. The van der Waals surface area contributed by atoms with Gasteiger partial charge in [-0.2, -0.15) is 9.61 Å². The second-order valence-electron chi connectivity index (χ2n) is 5.27. The molecule has 23 heavy (non-hydrogen) atoms. The molecule has 8 heteroatoms. The van der Waals surface area contributed by atoms with Gasteiger partial charge in [-0.1, -0.05) is 13.0 Å². The summed E-state index contributed by atoms with van der Waals surface area (Å²) in [4.78, 5) is 14.0. The zero-order chi connectivity index (χ0) is 16.4. The maximum atomic E-state index is 11.3. The van der Waals surface area contributed by atoms with Crippen molar-refractivity contribution in [1.82, 2.24) is 24.7 Å². The van der Waals surface area contributed by atoms with E-state index in [1.807, 2.05) is 36.6 Å². The van der Waals surface area contributed by atoms with Gasteiger partial charge in [-0.05, 0) is 37.0 Å². The molecule has 3 rings (SSSR count). The molecule has 0 aliphatic carbocycles. The van der Waals surface area contributed by atoms with Crippen LogP contribution in [0.3, 0.4) is 0 Å². The number of fused-ring (bicyclic) bond motifs is 1. The van der Waals surface area contributed by atoms with Gasteiger partial charge in [-0.3, -0.25) is 9.69 Å². The quantitative estimate of drug-likeness (QED) is 0.745. The Hall–Kier alpha value is -2.32. The number of thiophene rings is 1. The number of rotatable bonds is 6. The lowest BCUT2D eigenvalue weighted by Crippen LogP contribution is -2.37. The molecule has 7 nitrogen and oxygen atoms in total. The van der Waals surface area contributed by atoms with E-state index < -0.39 is 12.0 Å². The summed E-state index contributed by atoms with van der Waals surface area (Å²) in [6.07, 6.45) is 0.543. The number of carboxylic acid groups (broad SMARTS) is 1. The van der Waals surface area contributed by atoms with Crippen LogP contribution in [-0.4, -0.2) is 48.9 Å². The van der Waals surface area contributed by atoms with Gasteiger partial charge in [0.25, 0.3) is 0 Å². The summed E-state index contributed by atoms with van der Waals surface area (Å²) in [7, 11) is 1.79. The van der Waals surface area contributed by atoms with Gasteiger partial charge < -0.3 is 5.11 Å². The van der Waals surface area contributed by atoms with Crippen molar-refractivity contribution in [3.63, 3.8) is 0 Å². The van der Waals surface area contributed by atoms with Crippen LogP contribution < -0.4 is 0 Å². The SMILES string of the molecule is CCC(C(=O)O)N(C)Cc1ccc2nnc(-c3cccs3)n2n1. The molecule has 120 valence electrons. The predicted octanol–water partition coefficient (Wildman–Crippen LogP) is 2.15. The fraction of sp³-hybridized carbons (Fsp3) is 0.333. The fourth-order valence-electron chi connectivity index (χ4n) is 2.51. The summed E-state index contributed by atoms with van der Waals surface area (Å²) in [6.45, 7) is 2.31. The molecule has 3 aromatic heterocycles. The highest BCUT2D eigenvalue weighted by molar-refractivity contribution is 7.13. The molecule has 0 fully saturated rings. The van der Waals surface area contributed by atoms with Gasteiger partial charge in [0.15, 0.2) is 11.5 Å². The molecule has 1 atom stereocenters. The molecule has 0 amide bonds. The minimum atomic E-state index is -0.820. The number of aromatic nitrogens is 4. The van der Waals surface area contributed by atoms with Crippen molar-refractivity contribution in [2.45, 2.75) is 25.9 Å². The normalized spacial score (nSPS) is 12.8. The van der Waals surface area contributed by atoms with Gasteiger partial charge in [-0.25, -0.2) is 0 Å². The Labute approximate surface area is 137 Å². The molecule has 1 unspecified atom stereocenters. The van der Waals surface area contributed by atoms with Crippen molar-refractivity contribution < 1.29 is 9.90 Å². The Kier molecular flexibility index (Phi) is 4.35. The van der Waals surface area contributed by atoms with Gasteiger partial charge >= 0.3 is 5.97 Å². The highest BCUT2D eigenvalue weighted by atomic mass is 32.1. The number of aliphatic carboxylic acids is 1. The van der Waals surface area contributed by atoms with E-state index in [9.17, 15) is 9.90 Å². The molecule has 3 aromatic rings. The summed E-state index contributed by atoms with van der Waals surface area (Å²) >= 11 is 1.58. The van der Waals surface area contributed by atoms with Crippen LogP contribution in [0.5, 0.6) is 0 Å². The summed E-state index contributed by atoms with van der Waals surface area (Å²) < 4.78 is 1.71. The van der Waals surface area contributed by atoms with Crippen LogP contribution >= 0.6 is 11.3 Å². The molecule has 0 saturated carbocycles. The van der Waals surface area contributed by atoms with E-state index >= 15 is 0 Å². The van der Waals surface area contributed by atoms with E-state index in [1.165, 1.54) is 0 Å². The van der Waals surface area contributed by atoms with Crippen molar-refractivity contribution in [2.75, 3.05) is 7.05 Å².